The van der Waals surface area contributed by atoms with Gasteiger partial charge >= 0.3 is 18.5 Å². The summed E-state index contributed by atoms with van der Waals surface area (Å²) in [4.78, 5) is 36.3. The Morgan fingerprint density at radius 3 is 2.03 bits per heavy atom. The fraction of sp³-hybridized carbons (Fsp3) is 0.318. The lowest BCUT2D eigenvalue weighted by molar-refractivity contribution is -0.274. The second-order valence-corrected chi connectivity index (χ2v) is 10.7. The molecule has 0 unspecified atom stereocenters. The Balaban J connectivity index is 1.80. The SMILES string of the molecule is CC1(C)NC(=O)N(C[C@H](CS(=O)(=O)c2ccc(-c3ccc(OC(F)(F)F)cc3)cc2)N(O)C(=O)O)C1=O. The van der Waals surface area contributed by atoms with Crippen molar-refractivity contribution in [1.82, 2.24) is 15.3 Å². The summed E-state index contributed by atoms with van der Waals surface area (Å²) in [7, 11) is -4.25. The van der Waals surface area contributed by atoms with E-state index in [0.29, 0.717) is 16.0 Å². The molecule has 0 saturated carbocycles. The van der Waals surface area contributed by atoms with Crippen molar-refractivity contribution in [3.63, 3.8) is 0 Å². The van der Waals surface area contributed by atoms with Gasteiger partial charge in [-0.25, -0.2) is 18.0 Å². The molecule has 4 amide bonds. The van der Waals surface area contributed by atoms with Crippen LogP contribution in [0.4, 0.5) is 22.8 Å². The maximum Gasteiger partial charge on any atom is 0.573 e. The van der Waals surface area contributed by atoms with Crippen LogP contribution in [0.25, 0.3) is 11.1 Å². The van der Waals surface area contributed by atoms with Crippen LogP contribution in [-0.4, -0.2) is 77.0 Å². The van der Waals surface area contributed by atoms with Gasteiger partial charge in [-0.3, -0.25) is 14.9 Å². The lowest BCUT2D eigenvalue weighted by Gasteiger charge is -2.27. The first-order valence-electron chi connectivity index (χ1n) is 10.5. The highest BCUT2D eigenvalue weighted by Gasteiger charge is 2.46. The van der Waals surface area contributed by atoms with Gasteiger partial charge in [0.15, 0.2) is 9.84 Å². The second-order valence-electron chi connectivity index (χ2n) is 8.63. The van der Waals surface area contributed by atoms with Crippen LogP contribution in [0.2, 0.25) is 0 Å². The predicted molar refractivity (Wildman–Crippen MR) is 120 cm³/mol. The number of hydroxylamine groups is 2. The van der Waals surface area contributed by atoms with Crippen molar-refractivity contribution in [2.24, 2.45) is 0 Å². The highest BCUT2D eigenvalue weighted by Crippen LogP contribution is 2.28. The van der Waals surface area contributed by atoms with E-state index in [1.807, 2.05) is 0 Å². The normalized spacial score (nSPS) is 16.3. The zero-order chi connectivity index (χ0) is 27.8. The number of carbonyl (C=O) groups is 3. The van der Waals surface area contributed by atoms with Crippen LogP contribution in [0.15, 0.2) is 53.4 Å². The molecule has 0 aromatic heterocycles. The molecule has 0 aliphatic carbocycles. The summed E-state index contributed by atoms with van der Waals surface area (Å²) in [5.74, 6) is -2.12. The standard InChI is InChI=1S/C22H22F3N3O8S/c1-21(2)18(29)27(19(30)26-21)11-15(28(33)20(31)32)12-37(34,35)17-9-5-14(6-10-17)13-3-7-16(8-4-13)36-22(23,24)25/h3-10,15,33H,11-12H2,1-2H3,(H,26,30)(H,31,32)/t15-/m1/s1. The minimum absolute atomic E-state index is 0.255. The van der Waals surface area contributed by atoms with E-state index in [-0.39, 0.29) is 9.96 Å². The molecule has 1 fully saturated rings. The zero-order valence-electron chi connectivity index (χ0n) is 19.4. The van der Waals surface area contributed by atoms with Crippen LogP contribution in [-0.2, 0) is 14.6 Å². The third-order valence-electron chi connectivity index (χ3n) is 5.43. The summed E-state index contributed by atoms with van der Waals surface area (Å²) in [6, 6.07) is 7.47. The van der Waals surface area contributed by atoms with Gasteiger partial charge < -0.3 is 15.2 Å². The maximum atomic E-state index is 13.0. The molecule has 0 radical (unpaired) electrons. The molecular formula is C22H22F3N3O8S. The van der Waals surface area contributed by atoms with Crippen molar-refractivity contribution < 1.29 is 51.0 Å². The monoisotopic (exact) mass is 545 g/mol. The molecule has 0 spiro atoms. The molecule has 2 aromatic carbocycles. The van der Waals surface area contributed by atoms with Gasteiger partial charge in [0.2, 0.25) is 0 Å². The number of sulfone groups is 1. The van der Waals surface area contributed by atoms with Gasteiger partial charge in [-0.05, 0) is 49.2 Å². The number of ether oxygens (including phenoxy) is 1. The topological polar surface area (TPSA) is 154 Å². The predicted octanol–water partition coefficient (Wildman–Crippen LogP) is 3.09. The first-order chi connectivity index (χ1) is 17.0. The average molecular weight is 545 g/mol. The van der Waals surface area contributed by atoms with E-state index in [4.69, 9.17) is 0 Å². The van der Waals surface area contributed by atoms with E-state index in [9.17, 15) is 46.3 Å². The molecule has 37 heavy (non-hydrogen) atoms. The molecule has 11 nitrogen and oxygen atoms in total. The molecule has 2 aromatic rings. The Morgan fingerprint density at radius 2 is 1.59 bits per heavy atom. The fourth-order valence-corrected chi connectivity index (χ4v) is 5.10. The number of carbonyl (C=O) groups excluding carboxylic acids is 2. The maximum absolute atomic E-state index is 13.0. The fourth-order valence-electron chi connectivity index (χ4n) is 3.60. The highest BCUT2D eigenvalue weighted by molar-refractivity contribution is 7.91. The van der Waals surface area contributed by atoms with E-state index in [1.54, 1.807) is 0 Å². The van der Waals surface area contributed by atoms with Gasteiger partial charge in [-0.15, -0.1) is 13.2 Å². The van der Waals surface area contributed by atoms with Crippen molar-refractivity contribution in [3.05, 3.63) is 48.5 Å². The number of hydrogen-bond donors (Lipinski definition) is 3. The number of benzene rings is 2. The number of hydrogen-bond acceptors (Lipinski definition) is 7. The Kier molecular flexibility index (Phi) is 7.42. The number of halogens is 3. The largest absolute Gasteiger partial charge is 0.573 e. The van der Waals surface area contributed by atoms with E-state index >= 15 is 0 Å². The molecule has 1 aliphatic heterocycles. The summed E-state index contributed by atoms with van der Waals surface area (Å²) in [6.45, 7) is 2.09. The smallest absolute Gasteiger partial charge is 0.463 e. The summed E-state index contributed by atoms with van der Waals surface area (Å²) in [5, 5.41) is 21.2. The second kappa shape index (κ2) is 9.89. The van der Waals surface area contributed by atoms with Gasteiger partial charge in [0.05, 0.1) is 23.2 Å². The van der Waals surface area contributed by atoms with Crippen molar-refractivity contribution >= 4 is 27.9 Å². The molecule has 1 heterocycles. The van der Waals surface area contributed by atoms with Crippen LogP contribution in [0.5, 0.6) is 5.75 Å². The summed E-state index contributed by atoms with van der Waals surface area (Å²) >= 11 is 0. The van der Waals surface area contributed by atoms with Gasteiger partial charge in [0.25, 0.3) is 5.91 Å². The molecule has 15 heteroatoms. The molecule has 3 N–H and O–H groups in total. The summed E-state index contributed by atoms with van der Waals surface area (Å²) < 4.78 is 66.8. The van der Waals surface area contributed by atoms with E-state index in [2.05, 4.69) is 10.1 Å². The molecular weight excluding hydrogens is 523 g/mol. The minimum Gasteiger partial charge on any atom is -0.463 e. The third-order valence-corrected chi connectivity index (χ3v) is 7.24. The number of rotatable bonds is 8. The van der Waals surface area contributed by atoms with Crippen LogP contribution in [0, 0.1) is 0 Å². The minimum atomic E-state index is -4.84. The Hall–Kier alpha value is -3.85. The number of urea groups is 1. The zero-order valence-corrected chi connectivity index (χ0v) is 20.2. The Labute approximate surface area is 208 Å². The van der Waals surface area contributed by atoms with Crippen molar-refractivity contribution in [3.8, 4) is 16.9 Å². The van der Waals surface area contributed by atoms with Crippen LogP contribution < -0.4 is 10.1 Å². The third kappa shape index (κ3) is 6.48. The van der Waals surface area contributed by atoms with E-state index in [0.717, 1.165) is 12.1 Å². The number of nitrogens with zero attached hydrogens (tertiary/aromatic N) is 2. The van der Waals surface area contributed by atoms with Crippen molar-refractivity contribution in [2.75, 3.05) is 12.3 Å². The van der Waals surface area contributed by atoms with E-state index in [1.165, 1.54) is 50.2 Å². The van der Waals surface area contributed by atoms with Crippen LogP contribution in [0.1, 0.15) is 13.8 Å². The molecule has 1 atom stereocenters. The number of carboxylic acid groups (broad SMARTS) is 1. The van der Waals surface area contributed by atoms with Gasteiger partial charge in [0.1, 0.15) is 11.3 Å². The van der Waals surface area contributed by atoms with Gasteiger partial charge in [-0.1, -0.05) is 24.3 Å². The van der Waals surface area contributed by atoms with Crippen LogP contribution in [0.3, 0.4) is 0 Å². The first kappa shape index (κ1) is 27.7. The Morgan fingerprint density at radius 1 is 1.08 bits per heavy atom. The first-order valence-corrected chi connectivity index (χ1v) is 12.2. The van der Waals surface area contributed by atoms with Gasteiger partial charge in [0, 0.05) is 0 Å². The molecule has 200 valence electrons. The summed E-state index contributed by atoms with van der Waals surface area (Å²) in [6.07, 6.45) is -6.73. The van der Waals surface area contributed by atoms with Crippen LogP contribution >= 0.6 is 0 Å². The lowest BCUT2D eigenvalue weighted by atomic mass is 10.1. The number of nitrogens with one attached hydrogen (secondary N) is 1. The number of imide groups is 1. The van der Waals surface area contributed by atoms with Gasteiger partial charge in [-0.2, -0.15) is 5.06 Å². The molecule has 0 bridgehead atoms. The highest BCUT2D eigenvalue weighted by atomic mass is 32.2. The molecule has 1 saturated heterocycles. The Bertz CT molecular complexity index is 1300. The van der Waals surface area contributed by atoms with E-state index < -0.39 is 63.9 Å². The lowest BCUT2D eigenvalue weighted by Crippen LogP contribution is -2.50. The molecule has 3 rings (SSSR count). The summed E-state index contributed by atoms with van der Waals surface area (Å²) in [5.41, 5.74) is -0.369. The number of alkyl halides is 3. The molecule has 1 aliphatic rings. The quantitative estimate of drug-likeness (QED) is 0.260. The average Bonchev–Trinajstić information content (AvgIpc) is 2.98. The van der Waals surface area contributed by atoms with Crippen molar-refractivity contribution in [2.45, 2.75) is 36.7 Å². The van der Waals surface area contributed by atoms with Crippen molar-refractivity contribution in [1.29, 1.82) is 0 Å². The number of amides is 4.